The van der Waals surface area contributed by atoms with Crippen molar-refractivity contribution >= 4 is 5.97 Å². The van der Waals surface area contributed by atoms with Gasteiger partial charge in [-0.1, -0.05) is 41.6 Å². The predicted molar refractivity (Wildman–Crippen MR) is 149 cm³/mol. The molecule has 0 saturated carbocycles. The highest BCUT2D eigenvalue weighted by molar-refractivity contribution is 5.78. The fourth-order valence-electron chi connectivity index (χ4n) is 6.31. The van der Waals surface area contributed by atoms with Gasteiger partial charge in [-0.3, -0.25) is 4.79 Å². The molecule has 0 bridgehead atoms. The molecule has 9 heteroatoms. The van der Waals surface area contributed by atoms with Crippen molar-refractivity contribution in [2.24, 2.45) is 0 Å². The molecule has 3 aromatic carbocycles. The maximum absolute atomic E-state index is 14.3. The summed E-state index contributed by atoms with van der Waals surface area (Å²) in [6, 6.07) is 15.3. The second kappa shape index (κ2) is 10.2. The number of aromatic nitrogens is 1. The van der Waals surface area contributed by atoms with Crippen LogP contribution in [0.1, 0.15) is 59.4 Å². The van der Waals surface area contributed by atoms with E-state index in [-0.39, 0.29) is 23.9 Å². The molecule has 6 nitrogen and oxygen atoms in total. The lowest BCUT2D eigenvalue weighted by molar-refractivity contribution is -0.141. The minimum Gasteiger partial charge on any atom is -0.492 e. The van der Waals surface area contributed by atoms with Crippen LogP contribution in [0.15, 0.2) is 59.1 Å². The molecule has 1 aliphatic heterocycles. The third kappa shape index (κ3) is 4.80. The van der Waals surface area contributed by atoms with E-state index in [1.54, 1.807) is 24.3 Å². The lowest BCUT2D eigenvalue weighted by Crippen LogP contribution is -2.26. The molecule has 4 aromatic rings. The Bertz CT molecular complexity index is 1650. The Labute approximate surface area is 241 Å². The molecule has 2 heterocycles. The molecule has 218 valence electrons. The number of hydrogen-bond donors (Lipinski definition) is 0. The maximum Gasteiger partial charge on any atom is 0.417 e. The summed E-state index contributed by atoms with van der Waals surface area (Å²) in [7, 11) is 1.36. The van der Waals surface area contributed by atoms with E-state index in [1.807, 2.05) is 45.0 Å². The molecule has 1 aliphatic carbocycles. The molecule has 2 aliphatic rings. The minimum atomic E-state index is -4.53. The van der Waals surface area contributed by atoms with Crippen LogP contribution in [0.3, 0.4) is 0 Å². The number of aryl methyl sites for hydroxylation is 2. The molecular weight excluding hydrogens is 547 g/mol. The van der Waals surface area contributed by atoms with E-state index in [4.69, 9.17) is 18.7 Å². The van der Waals surface area contributed by atoms with Crippen molar-refractivity contribution in [1.82, 2.24) is 5.16 Å². The SMILES string of the molecule is COC(=O)C[C@@H]1COc2cc(O[C@]3(C)CCc4c3ccc(C(F)(F)F)c4-c3ccc(-c4c(C)noc4C)cc3)ccc21. The van der Waals surface area contributed by atoms with Crippen molar-refractivity contribution in [3.63, 3.8) is 0 Å². The van der Waals surface area contributed by atoms with Crippen molar-refractivity contribution in [2.75, 3.05) is 13.7 Å². The molecule has 0 saturated heterocycles. The van der Waals surface area contributed by atoms with Crippen LogP contribution in [-0.4, -0.2) is 24.8 Å². The van der Waals surface area contributed by atoms with E-state index in [2.05, 4.69) is 5.16 Å². The van der Waals surface area contributed by atoms with E-state index >= 15 is 0 Å². The Morgan fingerprint density at radius 2 is 1.76 bits per heavy atom. The molecule has 0 unspecified atom stereocenters. The highest BCUT2D eigenvalue weighted by Crippen LogP contribution is 2.49. The first-order valence-electron chi connectivity index (χ1n) is 13.8. The number of ether oxygens (including phenoxy) is 3. The molecule has 6 rings (SSSR count). The van der Waals surface area contributed by atoms with Crippen LogP contribution in [0, 0.1) is 13.8 Å². The Hall–Kier alpha value is -4.27. The van der Waals surface area contributed by atoms with Gasteiger partial charge in [0, 0.05) is 23.1 Å². The average Bonchev–Trinajstić information content (AvgIpc) is 3.62. The largest absolute Gasteiger partial charge is 0.492 e. The van der Waals surface area contributed by atoms with Crippen LogP contribution in [-0.2, 0) is 27.7 Å². The quantitative estimate of drug-likeness (QED) is 0.217. The summed E-state index contributed by atoms with van der Waals surface area (Å²) >= 11 is 0. The van der Waals surface area contributed by atoms with Gasteiger partial charge in [-0.25, -0.2) is 0 Å². The fourth-order valence-corrected chi connectivity index (χ4v) is 6.31. The summed E-state index contributed by atoms with van der Waals surface area (Å²) in [5.41, 5.74) is 3.81. The monoisotopic (exact) mass is 577 g/mol. The number of carbonyl (C=O) groups is 1. The van der Waals surface area contributed by atoms with E-state index in [0.29, 0.717) is 47.8 Å². The smallest absolute Gasteiger partial charge is 0.417 e. The Morgan fingerprint density at radius 1 is 1.05 bits per heavy atom. The third-order valence-electron chi connectivity index (χ3n) is 8.38. The molecule has 0 N–H and O–H groups in total. The van der Waals surface area contributed by atoms with Crippen LogP contribution in [0.5, 0.6) is 11.5 Å². The maximum atomic E-state index is 14.3. The third-order valence-corrected chi connectivity index (χ3v) is 8.38. The molecule has 42 heavy (non-hydrogen) atoms. The molecule has 0 amide bonds. The van der Waals surface area contributed by atoms with Crippen molar-refractivity contribution in [1.29, 1.82) is 0 Å². The number of hydrogen-bond acceptors (Lipinski definition) is 6. The number of carbonyl (C=O) groups excluding carboxylic acids is 1. The van der Waals surface area contributed by atoms with Gasteiger partial charge in [-0.05, 0) is 73.6 Å². The number of rotatable bonds is 6. The van der Waals surface area contributed by atoms with Gasteiger partial charge in [0.1, 0.15) is 22.9 Å². The van der Waals surface area contributed by atoms with Gasteiger partial charge in [0.05, 0.1) is 31.4 Å². The topological polar surface area (TPSA) is 70.8 Å². The molecule has 0 radical (unpaired) electrons. The Morgan fingerprint density at radius 3 is 2.40 bits per heavy atom. The summed E-state index contributed by atoms with van der Waals surface area (Å²) in [5, 5.41) is 3.99. The summed E-state index contributed by atoms with van der Waals surface area (Å²) in [5.74, 6) is 1.43. The number of nitrogens with zero attached hydrogens (tertiary/aromatic N) is 1. The van der Waals surface area contributed by atoms with E-state index < -0.39 is 17.3 Å². The van der Waals surface area contributed by atoms with E-state index in [9.17, 15) is 18.0 Å². The average molecular weight is 578 g/mol. The lowest BCUT2D eigenvalue weighted by Gasteiger charge is -2.28. The van der Waals surface area contributed by atoms with E-state index in [1.165, 1.54) is 7.11 Å². The van der Waals surface area contributed by atoms with Crippen molar-refractivity contribution < 1.29 is 36.7 Å². The lowest BCUT2D eigenvalue weighted by atomic mass is 9.88. The van der Waals surface area contributed by atoms with Gasteiger partial charge < -0.3 is 18.7 Å². The standard InChI is InChI=1S/C33H30F3NO5/c1-18-30(19(2)42-37-18)20-5-7-21(8-6-20)31-25-13-14-32(3,26(25)11-12-27(31)33(34,35)36)41-23-9-10-24-22(15-29(38)39-4)17-40-28(24)16-23/h5-12,16,22H,13-15,17H2,1-4H3/t22-,32-/m1/s1. The van der Waals surface area contributed by atoms with Crippen LogP contribution in [0.25, 0.3) is 22.3 Å². The number of benzene rings is 3. The predicted octanol–water partition coefficient (Wildman–Crippen LogP) is 7.92. The molecule has 0 spiro atoms. The van der Waals surface area contributed by atoms with Gasteiger partial charge >= 0.3 is 12.1 Å². The number of halogens is 3. The second-order valence-corrected chi connectivity index (χ2v) is 11.1. The Kier molecular flexibility index (Phi) is 6.78. The van der Waals surface area contributed by atoms with Crippen molar-refractivity contribution in [2.45, 2.75) is 57.7 Å². The highest BCUT2D eigenvalue weighted by atomic mass is 19.4. The van der Waals surface area contributed by atoms with Gasteiger partial charge in [0.25, 0.3) is 0 Å². The number of methoxy groups -OCH3 is 1. The summed E-state index contributed by atoms with van der Waals surface area (Å²) in [4.78, 5) is 11.8. The first kappa shape index (κ1) is 27.9. The zero-order valence-corrected chi connectivity index (χ0v) is 23.7. The van der Waals surface area contributed by atoms with Gasteiger partial charge in [-0.15, -0.1) is 0 Å². The van der Waals surface area contributed by atoms with E-state index in [0.717, 1.165) is 34.0 Å². The normalized spacial score (nSPS) is 19.3. The minimum absolute atomic E-state index is 0.100. The van der Waals surface area contributed by atoms with Crippen LogP contribution in [0.2, 0.25) is 0 Å². The highest BCUT2D eigenvalue weighted by Gasteiger charge is 2.43. The van der Waals surface area contributed by atoms with Crippen LogP contribution >= 0.6 is 0 Å². The van der Waals surface area contributed by atoms with Crippen molar-refractivity contribution in [3.8, 4) is 33.8 Å². The number of esters is 1. The van der Waals surface area contributed by atoms with Crippen LogP contribution < -0.4 is 9.47 Å². The number of fused-ring (bicyclic) bond motifs is 2. The molecular formula is C33H30F3NO5. The van der Waals surface area contributed by atoms with Gasteiger partial charge in [0.2, 0.25) is 0 Å². The first-order chi connectivity index (χ1) is 20.0. The number of alkyl halides is 3. The van der Waals surface area contributed by atoms with Crippen LogP contribution in [0.4, 0.5) is 13.2 Å². The zero-order chi connectivity index (χ0) is 29.8. The summed E-state index contributed by atoms with van der Waals surface area (Å²) < 4.78 is 65.3. The summed E-state index contributed by atoms with van der Waals surface area (Å²) in [6.45, 7) is 5.92. The fraction of sp³-hybridized carbons (Fsp3) is 0.333. The van der Waals surface area contributed by atoms with Crippen molar-refractivity contribution in [3.05, 3.63) is 88.3 Å². The molecule has 2 atom stereocenters. The van der Waals surface area contributed by atoms with Gasteiger partial charge in [-0.2, -0.15) is 13.2 Å². The zero-order valence-electron chi connectivity index (χ0n) is 23.7. The first-order valence-corrected chi connectivity index (χ1v) is 13.8. The summed E-state index contributed by atoms with van der Waals surface area (Å²) in [6.07, 6.45) is -3.36. The second-order valence-electron chi connectivity index (χ2n) is 11.1. The van der Waals surface area contributed by atoms with Gasteiger partial charge in [0.15, 0.2) is 0 Å². The molecule has 0 fully saturated rings. The Balaban J connectivity index is 1.34. The molecule has 1 aromatic heterocycles.